The number of rotatable bonds is 4. The number of likely N-dealkylation sites (tertiary alicyclic amines) is 1. The second-order valence-electron chi connectivity index (χ2n) is 6.35. The number of β-amino-alcohol motifs (C(OH)–C–C–N with tert-alkyl or cyclic N) is 1. The third kappa shape index (κ3) is 3.04. The first-order valence-corrected chi connectivity index (χ1v) is 9.34. The van der Waals surface area contributed by atoms with Crippen molar-refractivity contribution >= 4 is 26.8 Å². The Balaban J connectivity index is 1.79. The Hall–Kier alpha value is -1.90. The molecule has 1 aromatic heterocycles. The zero-order valence-electron chi connectivity index (χ0n) is 13.6. The normalized spacial score (nSPS) is 21.8. The molecule has 8 heteroatoms. The van der Waals surface area contributed by atoms with Crippen molar-refractivity contribution in [1.82, 2.24) is 14.2 Å². The Labute approximate surface area is 140 Å². The molecule has 0 bridgehead atoms. The van der Waals surface area contributed by atoms with Crippen molar-refractivity contribution in [2.75, 3.05) is 32.9 Å². The average molecular weight is 351 g/mol. The van der Waals surface area contributed by atoms with Crippen LogP contribution in [0.2, 0.25) is 0 Å². The topological polar surface area (TPSA) is 93.7 Å². The minimum Gasteiger partial charge on any atom is -0.391 e. The van der Waals surface area contributed by atoms with E-state index in [0.29, 0.717) is 5.56 Å². The van der Waals surface area contributed by atoms with Gasteiger partial charge in [0.25, 0.3) is 5.91 Å². The van der Waals surface area contributed by atoms with Crippen molar-refractivity contribution in [3.8, 4) is 0 Å². The molecule has 1 aromatic carbocycles. The highest BCUT2D eigenvalue weighted by Gasteiger charge is 2.37. The number of hydrogen-bond acceptors (Lipinski definition) is 4. The maximum atomic E-state index is 12.8. The molecule has 1 saturated heterocycles. The summed E-state index contributed by atoms with van der Waals surface area (Å²) in [5.41, 5.74) is 1.28. The number of aromatic amines is 1. The molecular formula is C16H21N3O4S. The summed E-state index contributed by atoms with van der Waals surface area (Å²) in [6.07, 6.45) is 0.929. The third-order valence-electron chi connectivity index (χ3n) is 4.49. The van der Waals surface area contributed by atoms with Gasteiger partial charge in [0.05, 0.1) is 22.9 Å². The number of benzene rings is 1. The zero-order chi connectivity index (χ0) is 17.5. The number of para-hydroxylation sites is 1. The van der Waals surface area contributed by atoms with Gasteiger partial charge >= 0.3 is 0 Å². The van der Waals surface area contributed by atoms with E-state index in [1.54, 1.807) is 12.3 Å². The molecule has 24 heavy (non-hydrogen) atoms. The van der Waals surface area contributed by atoms with Gasteiger partial charge in [0.1, 0.15) is 0 Å². The molecule has 130 valence electrons. The molecule has 0 unspecified atom stereocenters. The number of amides is 1. The van der Waals surface area contributed by atoms with Gasteiger partial charge in [0.2, 0.25) is 10.0 Å². The summed E-state index contributed by atoms with van der Waals surface area (Å²) in [6.45, 7) is 0.369. The van der Waals surface area contributed by atoms with Crippen LogP contribution in [-0.2, 0) is 10.0 Å². The van der Waals surface area contributed by atoms with Crippen molar-refractivity contribution in [3.05, 3.63) is 36.0 Å². The summed E-state index contributed by atoms with van der Waals surface area (Å²) in [4.78, 5) is 17.4. The van der Waals surface area contributed by atoms with Gasteiger partial charge in [-0.25, -0.2) is 12.7 Å². The Morgan fingerprint density at radius 2 is 2.08 bits per heavy atom. The Bertz CT molecular complexity index is 859. The van der Waals surface area contributed by atoms with E-state index in [4.69, 9.17) is 0 Å². The predicted molar refractivity (Wildman–Crippen MR) is 91.2 cm³/mol. The molecule has 2 aromatic rings. The number of hydrogen-bond donors (Lipinski definition) is 2. The van der Waals surface area contributed by atoms with Gasteiger partial charge in [-0.2, -0.15) is 0 Å². The van der Waals surface area contributed by atoms with E-state index < -0.39 is 22.0 Å². The molecule has 1 aliphatic rings. The highest BCUT2D eigenvalue weighted by atomic mass is 32.2. The van der Waals surface area contributed by atoms with E-state index in [1.807, 2.05) is 18.2 Å². The quantitative estimate of drug-likeness (QED) is 0.838. The lowest BCUT2D eigenvalue weighted by Crippen LogP contribution is -2.33. The van der Waals surface area contributed by atoms with Crippen LogP contribution in [0.15, 0.2) is 30.5 Å². The average Bonchev–Trinajstić information content (AvgIpc) is 3.13. The fourth-order valence-electron chi connectivity index (χ4n) is 3.04. The van der Waals surface area contributed by atoms with Gasteiger partial charge in [-0.15, -0.1) is 0 Å². The van der Waals surface area contributed by atoms with Gasteiger partial charge in [-0.05, 0) is 12.1 Å². The van der Waals surface area contributed by atoms with Crippen LogP contribution in [0.1, 0.15) is 10.4 Å². The summed E-state index contributed by atoms with van der Waals surface area (Å²) >= 11 is 0. The smallest absolute Gasteiger partial charge is 0.256 e. The minimum atomic E-state index is -3.42. The van der Waals surface area contributed by atoms with Crippen LogP contribution in [-0.4, -0.2) is 72.7 Å². The van der Waals surface area contributed by atoms with Gasteiger partial charge in [0.15, 0.2) is 0 Å². The highest BCUT2D eigenvalue weighted by Crippen LogP contribution is 2.24. The number of aromatic nitrogens is 1. The third-order valence-corrected chi connectivity index (χ3v) is 6.45. The van der Waals surface area contributed by atoms with Crippen molar-refractivity contribution in [1.29, 1.82) is 0 Å². The van der Waals surface area contributed by atoms with Gasteiger partial charge in [-0.1, -0.05) is 12.1 Å². The molecule has 7 nitrogen and oxygen atoms in total. The number of fused-ring (bicyclic) bond motifs is 1. The van der Waals surface area contributed by atoms with Crippen LogP contribution in [0.4, 0.5) is 0 Å². The molecule has 2 heterocycles. The van der Waals surface area contributed by atoms with Crippen molar-refractivity contribution in [2.24, 2.45) is 5.92 Å². The van der Waals surface area contributed by atoms with Crippen molar-refractivity contribution in [3.63, 3.8) is 0 Å². The van der Waals surface area contributed by atoms with E-state index in [1.165, 1.54) is 19.0 Å². The van der Waals surface area contributed by atoms with E-state index in [0.717, 1.165) is 15.2 Å². The molecule has 2 N–H and O–H groups in total. The van der Waals surface area contributed by atoms with Gasteiger partial charge < -0.3 is 15.0 Å². The Morgan fingerprint density at radius 3 is 2.79 bits per heavy atom. The molecule has 0 aliphatic carbocycles. The Morgan fingerprint density at radius 1 is 1.33 bits per heavy atom. The minimum absolute atomic E-state index is 0.142. The lowest BCUT2D eigenvalue weighted by Gasteiger charge is -2.18. The molecule has 0 spiro atoms. The Kier molecular flexibility index (Phi) is 4.37. The number of aliphatic hydroxyl groups excluding tert-OH is 1. The number of sulfonamides is 1. The summed E-state index contributed by atoms with van der Waals surface area (Å²) in [5.74, 6) is -0.853. The number of nitrogens with zero attached hydrogens (tertiary/aromatic N) is 2. The van der Waals surface area contributed by atoms with E-state index in [9.17, 15) is 18.3 Å². The molecule has 2 atom stereocenters. The van der Waals surface area contributed by atoms with Crippen LogP contribution in [0, 0.1) is 5.92 Å². The first-order valence-electron chi connectivity index (χ1n) is 7.73. The van der Waals surface area contributed by atoms with E-state index in [-0.39, 0.29) is 24.7 Å². The molecule has 0 radical (unpaired) electrons. The SMILES string of the molecule is CN(C)S(=O)(=O)C[C@@H]1CN(C(=O)c2cccc3cc[nH]c23)C[C@@H]1O. The summed E-state index contributed by atoms with van der Waals surface area (Å²) < 4.78 is 25.2. The van der Waals surface area contributed by atoms with Crippen LogP contribution in [0.5, 0.6) is 0 Å². The number of carbonyl (C=O) groups is 1. The van der Waals surface area contributed by atoms with Crippen molar-refractivity contribution in [2.45, 2.75) is 6.10 Å². The van der Waals surface area contributed by atoms with Gasteiger partial charge in [-0.3, -0.25) is 4.79 Å². The maximum absolute atomic E-state index is 12.8. The number of aliphatic hydroxyl groups is 1. The monoisotopic (exact) mass is 351 g/mol. The largest absolute Gasteiger partial charge is 0.391 e. The number of nitrogens with one attached hydrogen (secondary N) is 1. The van der Waals surface area contributed by atoms with Gasteiger partial charge in [0, 0.05) is 44.7 Å². The van der Waals surface area contributed by atoms with Crippen LogP contribution < -0.4 is 0 Å². The van der Waals surface area contributed by atoms with Crippen LogP contribution in [0.3, 0.4) is 0 Å². The lowest BCUT2D eigenvalue weighted by atomic mass is 10.1. The first kappa shape index (κ1) is 16.9. The molecule has 1 fully saturated rings. The van der Waals surface area contributed by atoms with E-state index >= 15 is 0 Å². The summed E-state index contributed by atoms with van der Waals surface area (Å²) in [6, 6.07) is 7.34. The highest BCUT2D eigenvalue weighted by molar-refractivity contribution is 7.89. The fourth-order valence-corrected chi connectivity index (χ4v) is 4.20. The number of carbonyl (C=O) groups excluding carboxylic acids is 1. The lowest BCUT2D eigenvalue weighted by molar-refractivity contribution is 0.0766. The first-order chi connectivity index (χ1) is 11.3. The number of H-pyrrole nitrogens is 1. The summed E-state index contributed by atoms with van der Waals surface area (Å²) in [7, 11) is -0.497. The van der Waals surface area contributed by atoms with Crippen LogP contribution >= 0.6 is 0 Å². The molecular weight excluding hydrogens is 330 g/mol. The molecule has 1 amide bonds. The standard InChI is InChI=1S/C16H21N3O4S/c1-18(2)24(22,23)10-12-8-19(9-14(12)20)16(21)13-5-3-4-11-6-7-17-15(11)13/h3-7,12,14,17,20H,8-10H2,1-2H3/t12-,14-/m0/s1. The van der Waals surface area contributed by atoms with E-state index in [2.05, 4.69) is 4.98 Å². The molecule has 0 saturated carbocycles. The molecule has 3 rings (SSSR count). The second kappa shape index (κ2) is 6.19. The summed E-state index contributed by atoms with van der Waals surface area (Å²) in [5, 5.41) is 11.1. The molecule has 1 aliphatic heterocycles. The fraction of sp³-hybridized carbons (Fsp3) is 0.438. The zero-order valence-corrected chi connectivity index (χ0v) is 14.5. The predicted octanol–water partition coefficient (Wildman–Crippen LogP) is 0.492. The second-order valence-corrected chi connectivity index (χ2v) is 8.57. The van der Waals surface area contributed by atoms with Crippen molar-refractivity contribution < 1.29 is 18.3 Å². The van der Waals surface area contributed by atoms with Crippen LogP contribution in [0.25, 0.3) is 10.9 Å². The maximum Gasteiger partial charge on any atom is 0.256 e.